The van der Waals surface area contributed by atoms with Crippen molar-refractivity contribution in [2.45, 2.75) is 50.7 Å². The summed E-state index contributed by atoms with van der Waals surface area (Å²) < 4.78 is 9.01. The Balaban J connectivity index is 2.38. The van der Waals surface area contributed by atoms with Gasteiger partial charge in [0.2, 0.25) is 0 Å². The van der Waals surface area contributed by atoms with Crippen LogP contribution in [0.3, 0.4) is 0 Å². The van der Waals surface area contributed by atoms with Crippen LogP contribution in [-0.2, 0) is 11.8 Å². The van der Waals surface area contributed by atoms with Crippen LogP contribution in [0.4, 0.5) is 0 Å². The zero-order valence-corrected chi connectivity index (χ0v) is 13.7. The van der Waals surface area contributed by atoms with Gasteiger partial charge in [-0.15, -0.1) is 0 Å². The van der Waals surface area contributed by atoms with E-state index in [1.165, 1.54) is 25.0 Å². The largest absolute Gasteiger partial charge is 0.376 e. The third-order valence-electron chi connectivity index (χ3n) is 4.25. The highest BCUT2D eigenvalue weighted by Gasteiger charge is 2.42. The van der Waals surface area contributed by atoms with Crippen LogP contribution in [0.25, 0.3) is 0 Å². The summed E-state index contributed by atoms with van der Waals surface area (Å²) in [6.45, 7) is 3.07. The second kappa shape index (κ2) is 6.37. The highest BCUT2D eigenvalue weighted by Crippen LogP contribution is 2.42. The lowest BCUT2D eigenvalue weighted by molar-refractivity contribution is -0.0703. The fourth-order valence-corrected chi connectivity index (χ4v) is 3.82. The first-order chi connectivity index (χ1) is 9.14. The molecule has 0 saturated heterocycles. The van der Waals surface area contributed by atoms with Crippen LogP contribution >= 0.6 is 15.9 Å². The molecule has 1 fully saturated rings. The van der Waals surface area contributed by atoms with Crippen LogP contribution in [0, 0.1) is 0 Å². The maximum absolute atomic E-state index is 6.00. The second-order valence-electron chi connectivity index (χ2n) is 5.32. The van der Waals surface area contributed by atoms with Gasteiger partial charge in [-0.05, 0) is 35.3 Å². The number of hydrogen-bond donors (Lipinski definition) is 1. The van der Waals surface area contributed by atoms with Gasteiger partial charge >= 0.3 is 0 Å². The van der Waals surface area contributed by atoms with E-state index in [9.17, 15) is 0 Å². The minimum atomic E-state index is -0.107. The fraction of sp³-hybridized carbons (Fsp3) is 0.786. The molecule has 0 aliphatic heterocycles. The number of halogens is 1. The molecule has 0 amide bonds. The van der Waals surface area contributed by atoms with E-state index in [0.29, 0.717) is 0 Å². The summed E-state index contributed by atoms with van der Waals surface area (Å²) in [6.07, 6.45) is 7.89. The maximum Gasteiger partial charge on any atom is 0.0888 e. The van der Waals surface area contributed by atoms with Gasteiger partial charge in [0, 0.05) is 14.2 Å². The third kappa shape index (κ3) is 2.88. The number of nitrogens with zero attached hydrogens (tertiary/aromatic N) is 2. The van der Waals surface area contributed by atoms with Gasteiger partial charge in [-0.1, -0.05) is 26.2 Å². The zero-order valence-electron chi connectivity index (χ0n) is 12.1. The Morgan fingerprint density at radius 2 is 2.16 bits per heavy atom. The lowest BCUT2D eigenvalue weighted by Gasteiger charge is -2.43. The minimum Gasteiger partial charge on any atom is -0.376 e. The molecule has 1 aromatic heterocycles. The van der Waals surface area contributed by atoms with Crippen molar-refractivity contribution in [1.82, 2.24) is 15.1 Å². The van der Waals surface area contributed by atoms with Crippen LogP contribution in [0.5, 0.6) is 0 Å². The molecule has 1 atom stereocenters. The summed E-state index contributed by atoms with van der Waals surface area (Å²) in [4.78, 5) is 0. The Labute approximate surface area is 124 Å². The van der Waals surface area contributed by atoms with Crippen molar-refractivity contribution in [1.29, 1.82) is 0 Å². The van der Waals surface area contributed by atoms with E-state index in [4.69, 9.17) is 4.74 Å². The molecule has 5 heteroatoms. The summed E-state index contributed by atoms with van der Waals surface area (Å²) in [5, 5.41) is 7.97. The average molecular weight is 330 g/mol. The first kappa shape index (κ1) is 15.0. The van der Waals surface area contributed by atoms with Crippen molar-refractivity contribution >= 4 is 15.9 Å². The van der Waals surface area contributed by atoms with E-state index < -0.39 is 0 Å². The highest BCUT2D eigenvalue weighted by molar-refractivity contribution is 9.10. The molecule has 2 rings (SSSR count). The predicted molar refractivity (Wildman–Crippen MR) is 80.2 cm³/mol. The molecule has 0 bridgehead atoms. The van der Waals surface area contributed by atoms with Gasteiger partial charge in [-0.3, -0.25) is 4.68 Å². The summed E-state index contributed by atoms with van der Waals surface area (Å²) >= 11 is 3.63. The molecular formula is C14H24BrN3O. The van der Waals surface area contributed by atoms with Crippen LogP contribution in [0.15, 0.2) is 10.7 Å². The van der Waals surface area contributed by atoms with Crippen molar-refractivity contribution in [3.8, 4) is 0 Å². The van der Waals surface area contributed by atoms with E-state index in [1.54, 1.807) is 0 Å². The predicted octanol–water partition coefficient (Wildman–Crippen LogP) is 3.18. The zero-order chi connectivity index (χ0) is 13.9. The number of rotatable bonds is 5. The van der Waals surface area contributed by atoms with Crippen LogP contribution in [-0.4, -0.2) is 29.0 Å². The molecule has 0 spiro atoms. The van der Waals surface area contributed by atoms with Crippen molar-refractivity contribution < 1.29 is 4.74 Å². The van der Waals surface area contributed by atoms with Crippen molar-refractivity contribution in [3.05, 3.63) is 16.4 Å². The quantitative estimate of drug-likeness (QED) is 0.901. The lowest BCUT2D eigenvalue weighted by atomic mass is 9.78. The van der Waals surface area contributed by atoms with Gasteiger partial charge in [0.1, 0.15) is 0 Å². The number of likely N-dealkylation sites (N-methyl/N-ethyl adjacent to an activating group) is 1. The Hall–Kier alpha value is -0.390. The summed E-state index contributed by atoms with van der Waals surface area (Å²) in [7, 11) is 3.84. The molecule has 1 saturated carbocycles. The van der Waals surface area contributed by atoms with Gasteiger partial charge < -0.3 is 10.1 Å². The molecule has 1 aliphatic rings. The summed E-state index contributed by atoms with van der Waals surface area (Å²) in [5.41, 5.74) is 1.08. The van der Waals surface area contributed by atoms with Crippen LogP contribution < -0.4 is 5.32 Å². The van der Waals surface area contributed by atoms with E-state index in [2.05, 4.69) is 33.3 Å². The Morgan fingerprint density at radius 1 is 1.47 bits per heavy atom. The number of aryl methyl sites for hydroxylation is 1. The maximum atomic E-state index is 6.00. The molecule has 19 heavy (non-hydrogen) atoms. The number of nitrogens with one attached hydrogen (secondary N) is 1. The first-order valence-corrected chi connectivity index (χ1v) is 7.90. The second-order valence-corrected chi connectivity index (χ2v) is 6.18. The van der Waals surface area contributed by atoms with Gasteiger partial charge in [-0.25, -0.2) is 0 Å². The van der Waals surface area contributed by atoms with Crippen LogP contribution in [0.1, 0.15) is 50.8 Å². The van der Waals surface area contributed by atoms with Gasteiger partial charge in [0.25, 0.3) is 0 Å². The van der Waals surface area contributed by atoms with E-state index in [0.717, 1.165) is 23.9 Å². The normalized spacial score (nSPS) is 20.4. The van der Waals surface area contributed by atoms with E-state index in [1.807, 2.05) is 25.0 Å². The molecular weight excluding hydrogens is 306 g/mol. The molecule has 1 aromatic rings. The number of methoxy groups -OCH3 is 1. The van der Waals surface area contributed by atoms with Crippen molar-refractivity contribution in [2.75, 3.05) is 13.7 Å². The number of ether oxygens (including phenoxy) is 1. The molecule has 0 aromatic carbocycles. The highest BCUT2D eigenvalue weighted by atomic mass is 79.9. The monoisotopic (exact) mass is 329 g/mol. The third-order valence-corrected chi connectivity index (χ3v) is 4.86. The Bertz CT molecular complexity index is 393. The van der Waals surface area contributed by atoms with E-state index in [-0.39, 0.29) is 11.6 Å². The Morgan fingerprint density at radius 3 is 2.63 bits per heavy atom. The molecule has 4 nitrogen and oxygen atoms in total. The number of hydrogen-bond acceptors (Lipinski definition) is 3. The summed E-state index contributed by atoms with van der Waals surface area (Å²) in [5.74, 6) is 0. The van der Waals surface area contributed by atoms with Crippen LogP contribution in [0.2, 0.25) is 0 Å². The van der Waals surface area contributed by atoms with Gasteiger partial charge in [0.15, 0.2) is 0 Å². The SMILES string of the molecule is CCNC(c1c(Br)cnn1C)C1(OC)CCCCC1. The van der Waals surface area contributed by atoms with E-state index >= 15 is 0 Å². The Kier molecular flexibility index (Phi) is 5.03. The fourth-order valence-electron chi connectivity index (χ4n) is 3.24. The van der Waals surface area contributed by atoms with Crippen molar-refractivity contribution in [3.63, 3.8) is 0 Å². The molecule has 1 unspecified atom stereocenters. The average Bonchev–Trinajstić information content (AvgIpc) is 2.76. The number of aromatic nitrogens is 2. The first-order valence-electron chi connectivity index (χ1n) is 7.10. The van der Waals surface area contributed by atoms with Gasteiger partial charge in [-0.2, -0.15) is 5.10 Å². The molecule has 1 aliphatic carbocycles. The minimum absolute atomic E-state index is 0.107. The molecule has 1 N–H and O–H groups in total. The summed E-state index contributed by atoms with van der Waals surface area (Å²) in [6, 6.07) is 0.185. The topological polar surface area (TPSA) is 39.1 Å². The van der Waals surface area contributed by atoms with Gasteiger partial charge in [0.05, 0.1) is 28.0 Å². The van der Waals surface area contributed by atoms with Crippen molar-refractivity contribution in [2.24, 2.45) is 7.05 Å². The molecule has 0 radical (unpaired) electrons. The smallest absolute Gasteiger partial charge is 0.0888 e. The standard InChI is InChI=1S/C14H24BrN3O/c1-4-16-13(12-11(15)10-17-18(12)2)14(19-3)8-6-5-7-9-14/h10,13,16H,4-9H2,1-3H3. The molecule has 1 heterocycles. The lowest BCUT2D eigenvalue weighted by Crippen LogP contribution is -2.47. The molecule has 108 valence electrons.